The van der Waals surface area contributed by atoms with Crippen molar-refractivity contribution in [2.45, 2.75) is 18.9 Å². The average Bonchev–Trinajstić information content (AvgIpc) is 2.89. The Hall–Kier alpha value is -2.40. The van der Waals surface area contributed by atoms with Gasteiger partial charge in [-0.2, -0.15) is 0 Å². The van der Waals surface area contributed by atoms with E-state index in [4.69, 9.17) is 15.3 Å². The SMILES string of the molecule is NCCCC(N=C/C=C/c1coc2ccccc12)C(=O)O. The van der Waals surface area contributed by atoms with Gasteiger partial charge in [-0.05, 0) is 37.6 Å². The number of furan rings is 1. The molecule has 0 bridgehead atoms. The molecule has 1 heterocycles. The van der Waals surface area contributed by atoms with Gasteiger partial charge in [0.15, 0.2) is 0 Å². The molecule has 1 unspecified atom stereocenters. The minimum atomic E-state index is -0.929. The molecule has 2 rings (SSSR count). The number of hydrogen-bond donors (Lipinski definition) is 2. The Morgan fingerprint density at radius 3 is 3.00 bits per heavy atom. The molecule has 0 fully saturated rings. The third kappa shape index (κ3) is 4.03. The van der Waals surface area contributed by atoms with Crippen LogP contribution in [-0.4, -0.2) is 29.9 Å². The quantitative estimate of drug-likeness (QED) is 0.766. The van der Waals surface area contributed by atoms with Gasteiger partial charge >= 0.3 is 5.97 Å². The number of rotatable bonds is 7. The highest BCUT2D eigenvalue weighted by Crippen LogP contribution is 2.21. The summed E-state index contributed by atoms with van der Waals surface area (Å²) in [6.07, 6.45) is 7.83. The minimum absolute atomic E-state index is 0.449. The highest BCUT2D eigenvalue weighted by atomic mass is 16.4. The van der Waals surface area contributed by atoms with E-state index < -0.39 is 12.0 Å². The van der Waals surface area contributed by atoms with Crippen molar-refractivity contribution in [1.29, 1.82) is 0 Å². The summed E-state index contributed by atoms with van der Waals surface area (Å²) in [5, 5.41) is 10.0. The number of carboxylic acids is 1. The molecule has 1 aromatic heterocycles. The number of aliphatic imine (C=N–C) groups is 1. The van der Waals surface area contributed by atoms with Crippen molar-refractivity contribution < 1.29 is 14.3 Å². The number of nitrogens with two attached hydrogens (primary N) is 1. The molecule has 3 N–H and O–H groups in total. The van der Waals surface area contributed by atoms with Crippen LogP contribution in [0.2, 0.25) is 0 Å². The van der Waals surface area contributed by atoms with Gasteiger partial charge in [-0.15, -0.1) is 0 Å². The van der Waals surface area contributed by atoms with Gasteiger partial charge in [-0.1, -0.05) is 18.2 Å². The first-order chi connectivity index (χ1) is 10.2. The van der Waals surface area contributed by atoms with Crippen LogP contribution in [0.4, 0.5) is 0 Å². The normalized spacial score (nSPS) is 13.4. The summed E-state index contributed by atoms with van der Waals surface area (Å²) in [5.74, 6) is -0.929. The first-order valence-electron chi connectivity index (χ1n) is 6.81. The largest absolute Gasteiger partial charge is 0.480 e. The summed E-state index contributed by atoms with van der Waals surface area (Å²) >= 11 is 0. The Morgan fingerprint density at radius 1 is 1.43 bits per heavy atom. The predicted molar refractivity (Wildman–Crippen MR) is 83.5 cm³/mol. The summed E-state index contributed by atoms with van der Waals surface area (Å²) in [6, 6.07) is 6.98. The second kappa shape index (κ2) is 7.40. The first kappa shape index (κ1) is 15.0. The number of benzene rings is 1. The maximum absolute atomic E-state index is 11.0. The van der Waals surface area contributed by atoms with Crippen LogP contribution in [0.1, 0.15) is 18.4 Å². The molecule has 1 atom stereocenters. The van der Waals surface area contributed by atoms with E-state index >= 15 is 0 Å². The van der Waals surface area contributed by atoms with E-state index in [1.54, 1.807) is 12.3 Å². The van der Waals surface area contributed by atoms with Gasteiger partial charge in [-0.25, -0.2) is 4.79 Å². The number of carbonyl (C=O) groups is 1. The topological polar surface area (TPSA) is 88.8 Å². The van der Waals surface area contributed by atoms with Gasteiger partial charge < -0.3 is 15.3 Å². The molecule has 0 radical (unpaired) electrons. The number of nitrogens with zero attached hydrogens (tertiary/aromatic N) is 1. The maximum Gasteiger partial charge on any atom is 0.328 e. The van der Waals surface area contributed by atoms with Gasteiger partial charge in [-0.3, -0.25) is 4.99 Å². The Bertz CT molecular complexity index is 658. The van der Waals surface area contributed by atoms with Crippen LogP contribution in [-0.2, 0) is 4.79 Å². The van der Waals surface area contributed by atoms with E-state index in [9.17, 15) is 4.79 Å². The van der Waals surface area contributed by atoms with E-state index in [0.717, 1.165) is 16.5 Å². The van der Waals surface area contributed by atoms with Crippen LogP contribution in [0.3, 0.4) is 0 Å². The van der Waals surface area contributed by atoms with Crippen molar-refractivity contribution in [1.82, 2.24) is 0 Å². The Morgan fingerprint density at radius 2 is 2.24 bits per heavy atom. The number of fused-ring (bicyclic) bond motifs is 1. The van der Waals surface area contributed by atoms with E-state index in [-0.39, 0.29) is 0 Å². The molecule has 110 valence electrons. The second-order valence-electron chi connectivity index (χ2n) is 4.63. The maximum atomic E-state index is 11.0. The molecule has 0 saturated heterocycles. The van der Waals surface area contributed by atoms with Crippen LogP contribution in [0.25, 0.3) is 17.0 Å². The molecule has 5 heteroatoms. The molecule has 5 nitrogen and oxygen atoms in total. The molecule has 0 aliphatic rings. The molecular formula is C16H18N2O3. The van der Waals surface area contributed by atoms with Gasteiger partial charge in [0.1, 0.15) is 11.6 Å². The molecule has 0 amide bonds. The predicted octanol–water partition coefficient (Wildman–Crippen LogP) is 2.71. The third-order valence-electron chi connectivity index (χ3n) is 3.11. The van der Waals surface area contributed by atoms with Crippen LogP contribution >= 0.6 is 0 Å². The van der Waals surface area contributed by atoms with Gasteiger partial charge in [0.2, 0.25) is 0 Å². The van der Waals surface area contributed by atoms with E-state index in [2.05, 4.69) is 4.99 Å². The lowest BCUT2D eigenvalue weighted by Gasteiger charge is -2.04. The molecule has 0 aliphatic heterocycles. The summed E-state index contributed by atoms with van der Waals surface area (Å²) in [5.41, 5.74) is 7.14. The van der Waals surface area contributed by atoms with E-state index in [0.29, 0.717) is 19.4 Å². The molecule has 0 saturated carbocycles. The van der Waals surface area contributed by atoms with Crippen molar-refractivity contribution in [3.05, 3.63) is 42.2 Å². The minimum Gasteiger partial charge on any atom is -0.480 e. The van der Waals surface area contributed by atoms with E-state index in [1.165, 1.54) is 6.21 Å². The van der Waals surface area contributed by atoms with Crippen LogP contribution in [0.5, 0.6) is 0 Å². The van der Waals surface area contributed by atoms with Gasteiger partial charge in [0.05, 0.1) is 6.26 Å². The van der Waals surface area contributed by atoms with Crippen molar-refractivity contribution in [3.63, 3.8) is 0 Å². The van der Waals surface area contributed by atoms with Crippen LogP contribution < -0.4 is 5.73 Å². The summed E-state index contributed by atoms with van der Waals surface area (Å²) in [6.45, 7) is 0.468. The van der Waals surface area contributed by atoms with E-state index in [1.807, 2.05) is 30.3 Å². The summed E-state index contributed by atoms with van der Waals surface area (Å²) < 4.78 is 5.41. The number of carboxylic acid groups (broad SMARTS) is 1. The third-order valence-corrected chi connectivity index (χ3v) is 3.11. The highest BCUT2D eigenvalue weighted by Gasteiger charge is 2.13. The van der Waals surface area contributed by atoms with Crippen molar-refractivity contribution in [3.8, 4) is 0 Å². The average molecular weight is 286 g/mol. The van der Waals surface area contributed by atoms with Crippen molar-refractivity contribution in [2.75, 3.05) is 6.54 Å². The summed E-state index contributed by atoms with van der Waals surface area (Å²) in [4.78, 5) is 15.1. The molecule has 0 aliphatic carbocycles. The lowest BCUT2D eigenvalue weighted by atomic mass is 10.1. The lowest BCUT2D eigenvalue weighted by molar-refractivity contribution is -0.138. The van der Waals surface area contributed by atoms with Crippen molar-refractivity contribution >= 4 is 29.2 Å². The number of hydrogen-bond acceptors (Lipinski definition) is 4. The Labute approximate surface area is 122 Å². The number of para-hydroxylation sites is 1. The standard InChI is InChI=1S/C16H18N2O3/c17-9-3-7-14(16(19)20)18-10-4-5-12-11-21-15-8-2-1-6-13(12)15/h1-2,4-6,8,10-11,14H,3,7,9,17H2,(H,19,20)/b5-4+,18-10?. The highest BCUT2D eigenvalue weighted by molar-refractivity contribution is 5.90. The molecule has 1 aromatic carbocycles. The fourth-order valence-corrected chi connectivity index (χ4v) is 2.00. The molecule has 21 heavy (non-hydrogen) atoms. The fourth-order valence-electron chi connectivity index (χ4n) is 2.00. The smallest absolute Gasteiger partial charge is 0.328 e. The van der Waals surface area contributed by atoms with Crippen molar-refractivity contribution in [2.24, 2.45) is 10.7 Å². The zero-order valence-electron chi connectivity index (χ0n) is 11.6. The molecule has 0 spiro atoms. The first-order valence-corrected chi connectivity index (χ1v) is 6.81. The Kier molecular flexibility index (Phi) is 5.29. The monoisotopic (exact) mass is 286 g/mol. The zero-order chi connectivity index (χ0) is 15.1. The van der Waals surface area contributed by atoms with Gasteiger partial charge in [0.25, 0.3) is 0 Å². The summed E-state index contributed by atoms with van der Waals surface area (Å²) in [7, 11) is 0. The zero-order valence-corrected chi connectivity index (χ0v) is 11.6. The molecular weight excluding hydrogens is 268 g/mol. The van der Waals surface area contributed by atoms with Crippen LogP contribution in [0.15, 0.2) is 46.0 Å². The molecule has 2 aromatic rings. The number of allylic oxidation sites excluding steroid dienone is 1. The van der Waals surface area contributed by atoms with Crippen LogP contribution in [0, 0.1) is 0 Å². The lowest BCUT2D eigenvalue weighted by Crippen LogP contribution is -2.19. The fraction of sp³-hybridized carbons (Fsp3) is 0.250. The number of aliphatic carboxylic acids is 1. The van der Waals surface area contributed by atoms with Gasteiger partial charge in [0, 0.05) is 17.2 Å². The second-order valence-corrected chi connectivity index (χ2v) is 4.63. The Balaban J connectivity index is 2.03.